The van der Waals surface area contributed by atoms with E-state index in [1.165, 1.54) is 12.1 Å². The molecular weight excluding hydrogens is 473 g/mol. The Bertz CT molecular complexity index is 1520. The zero-order valence-corrected chi connectivity index (χ0v) is 20.1. The lowest BCUT2D eigenvalue weighted by molar-refractivity contribution is 0.122. The highest BCUT2D eigenvalue weighted by molar-refractivity contribution is 5.73. The number of aromatic nitrogens is 7. The van der Waals surface area contributed by atoms with E-state index in [9.17, 15) is 4.39 Å². The zero-order chi connectivity index (χ0) is 25.2. The molecule has 0 amide bonds. The first-order chi connectivity index (χ1) is 18.1. The summed E-state index contributed by atoms with van der Waals surface area (Å²) < 4.78 is 21.6. The number of H-pyrrole nitrogens is 1. The van der Waals surface area contributed by atoms with Crippen LogP contribution in [0.4, 0.5) is 22.0 Å². The Labute approximate surface area is 212 Å². The molecule has 1 aliphatic heterocycles. The van der Waals surface area contributed by atoms with E-state index in [2.05, 4.69) is 40.5 Å². The van der Waals surface area contributed by atoms with Gasteiger partial charge >= 0.3 is 0 Å². The number of anilines is 3. The van der Waals surface area contributed by atoms with Crippen molar-refractivity contribution >= 4 is 17.6 Å². The number of nitrogens with one attached hydrogen (secondary N) is 2. The highest BCUT2D eigenvalue weighted by Gasteiger charge is 2.15. The molecule has 5 aromatic rings. The third-order valence-corrected chi connectivity index (χ3v) is 6.15. The molecule has 0 saturated carbocycles. The Kier molecular flexibility index (Phi) is 6.03. The summed E-state index contributed by atoms with van der Waals surface area (Å²) in [6.07, 6.45) is 5.04. The molecule has 186 valence electrons. The highest BCUT2D eigenvalue weighted by Crippen LogP contribution is 2.29. The predicted molar refractivity (Wildman–Crippen MR) is 137 cm³/mol. The van der Waals surface area contributed by atoms with Gasteiger partial charge in [-0.15, -0.1) is 5.10 Å². The van der Waals surface area contributed by atoms with Crippen LogP contribution in [0.2, 0.25) is 0 Å². The molecule has 37 heavy (non-hydrogen) atoms. The summed E-state index contributed by atoms with van der Waals surface area (Å²) in [6.45, 7) is 4.83. The standard InChI is InChI=1S/C26H24FN9O/c1-17-23(15-30-33-17)18-12-19(14-20(27)13-18)24-6-7-28-25(32-24)31-21-2-4-22(5-3-21)36-16-29-26(34-36)35-8-10-37-11-9-35/h2-7,12-16H,8-11H2,1H3,(H,30,33)(H,28,31,32). The lowest BCUT2D eigenvalue weighted by Crippen LogP contribution is -2.37. The molecular formula is C26H24FN9O. The van der Waals surface area contributed by atoms with E-state index in [0.29, 0.717) is 36.4 Å². The number of benzene rings is 2. The van der Waals surface area contributed by atoms with Crippen LogP contribution in [0.3, 0.4) is 0 Å². The molecule has 3 aromatic heterocycles. The largest absolute Gasteiger partial charge is 0.378 e. The quantitative estimate of drug-likeness (QED) is 0.360. The van der Waals surface area contributed by atoms with Crippen LogP contribution in [0, 0.1) is 12.7 Å². The molecule has 1 fully saturated rings. The number of nitrogens with zero attached hydrogens (tertiary/aromatic N) is 7. The van der Waals surface area contributed by atoms with Crippen molar-refractivity contribution in [3.63, 3.8) is 0 Å². The van der Waals surface area contributed by atoms with Crippen LogP contribution in [0.1, 0.15) is 5.69 Å². The van der Waals surface area contributed by atoms with E-state index in [-0.39, 0.29) is 5.82 Å². The van der Waals surface area contributed by atoms with Crippen molar-refractivity contribution in [3.8, 4) is 28.1 Å². The Hall–Kier alpha value is -4.64. The molecule has 6 rings (SSSR count). The number of halogens is 1. The van der Waals surface area contributed by atoms with Gasteiger partial charge in [0, 0.05) is 41.8 Å². The van der Waals surface area contributed by atoms with E-state index >= 15 is 0 Å². The average molecular weight is 498 g/mol. The fourth-order valence-corrected chi connectivity index (χ4v) is 4.23. The summed E-state index contributed by atoms with van der Waals surface area (Å²) in [5, 5.41) is 14.7. The molecule has 0 atom stereocenters. The van der Waals surface area contributed by atoms with Crippen molar-refractivity contribution in [3.05, 3.63) is 78.8 Å². The van der Waals surface area contributed by atoms with Gasteiger partial charge in [0.1, 0.15) is 12.1 Å². The number of morpholine rings is 1. The van der Waals surface area contributed by atoms with Crippen LogP contribution >= 0.6 is 0 Å². The Balaban J connectivity index is 1.19. The normalized spacial score (nSPS) is 13.6. The van der Waals surface area contributed by atoms with Crippen molar-refractivity contribution in [2.24, 2.45) is 0 Å². The minimum Gasteiger partial charge on any atom is -0.378 e. The van der Waals surface area contributed by atoms with E-state index in [4.69, 9.17) is 4.74 Å². The molecule has 0 aliphatic carbocycles. The number of aromatic amines is 1. The van der Waals surface area contributed by atoms with Gasteiger partial charge in [-0.1, -0.05) is 0 Å². The number of hydrogen-bond acceptors (Lipinski definition) is 8. The van der Waals surface area contributed by atoms with Gasteiger partial charge in [-0.3, -0.25) is 5.10 Å². The Morgan fingerprint density at radius 3 is 2.59 bits per heavy atom. The van der Waals surface area contributed by atoms with Crippen LogP contribution in [0.5, 0.6) is 0 Å². The van der Waals surface area contributed by atoms with E-state index < -0.39 is 0 Å². The second-order valence-electron chi connectivity index (χ2n) is 8.66. The topological polar surface area (TPSA) is 110 Å². The molecule has 10 nitrogen and oxygen atoms in total. The number of aryl methyl sites for hydroxylation is 1. The molecule has 11 heteroatoms. The summed E-state index contributed by atoms with van der Waals surface area (Å²) in [7, 11) is 0. The van der Waals surface area contributed by atoms with Crippen molar-refractivity contribution in [2.75, 3.05) is 36.5 Å². The van der Waals surface area contributed by atoms with Crippen LogP contribution in [0.25, 0.3) is 28.1 Å². The van der Waals surface area contributed by atoms with Crippen LogP contribution in [-0.2, 0) is 4.74 Å². The predicted octanol–water partition coefficient (Wildman–Crippen LogP) is 4.14. The first-order valence-electron chi connectivity index (χ1n) is 11.9. The maximum atomic E-state index is 14.5. The van der Waals surface area contributed by atoms with Crippen molar-refractivity contribution in [1.82, 2.24) is 34.9 Å². The van der Waals surface area contributed by atoms with Crippen LogP contribution in [0.15, 0.2) is 67.3 Å². The summed E-state index contributed by atoms with van der Waals surface area (Å²) in [6, 6.07) is 14.3. The van der Waals surface area contributed by atoms with E-state index in [1.807, 2.05) is 37.3 Å². The molecule has 2 aromatic carbocycles. The highest BCUT2D eigenvalue weighted by atomic mass is 19.1. The van der Waals surface area contributed by atoms with Crippen molar-refractivity contribution < 1.29 is 9.13 Å². The lowest BCUT2D eigenvalue weighted by atomic mass is 10.0. The van der Waals surface area contributed by atoms with Gasteiger partial charge in [-0.05, 0) is 61.0 Å². The van der Waals surface area contributed by atoms with E-state index in [1.54, 1.807) is 29.5 Å². The maximum absolute atomic E-state index is 14.5. The van der Waals surface area contributed by atoms with Crippen molar-refractivity contribution in [2.45, 2.75) is 6.92 Å². The van der Waals surface area contributed by atoms with Crippen LogP contribution in [-0.4, -0.2) is 61.2 Å². The minimum absolute atomic E-state index is 0.346. The summed E-state index contributed by atoms with van der Waals surface area (Å²) in [5.41, 5.74) is 5.39. The van der Waals surface area contributed by atoms with Gasteiger partial charge in [-0.2, -0.15) is 10.1 Å². The molecule has 2 N–H and O–H groups in total. The SMILES string of the molecule is Cc1[nH]ncc1-c1cc(F)cc(-c2ccnc(Nc3ccc(-n4cnc(N5CCOCC5)n4)cc3)n2)c1. The number of rotatable bonds is 6. The zero-order valence-electron chi connectivity index (χ0n) is 20.1. The summed E-state index contributed by atoms with van der Waals surface area (Å²) in [5.74, 6) is 0.756. The fraction of sp³-hybridized carbons (Fsp3) is 0.192. The number of hydrogen-bond donors (Lipinski definition) is 2. The molecule has 1 saturated heterocycles. The molecule has 1 aliphatic rings. The van der Waals surface area contributed by atoms with Gasteiger partial charge in [0.15, 0.2) is 0 Å². The summed E-state index contributed by atoms with van der Waals surface area (Å²) in [4.78, 5) is 15.5. The smallest absolute Gasteiger partial charge is 0.245 e. The van der Waals surface area contributed by atoms with Crippen LogP contribution < -0.4 is 10.2 Å². The van der Waals surface area contributed by atoms with Crippen molar-refractivity contribution in [1.29, 1.82) is 0 Å². The van der Waals surface area contributed by atoms with E-state index in [0.717, 1.165) is 41.3 Å². The van der Waals surface area contributed by atoms with Gasteiger partial charge in [0.2, 0.25) is 11.9 Å². The Morgan fingerprint density at radius 2 is 1.81 bits per heavy atom. The second kappa shape index (κ2) is 9.78. The first-order valence-corrected chi connectivity index (χ1v) is 11.9. The molecule has 0 radical (unpaired) electrons. The number of ether oxygens (including phenoxy) is 1. The average Bonchev–Trinajstić information content (AvgIpc) is 3.59. The van der Waals surface area contributed by atoms with Gasteiger partial charge < -0.3 is 15.0 Å². The minimum atomic E-state index is -0.346. The third-order valence-electron chi connectivity index (χ3n) is 6.15. The monoisotopic (exact) mass is 497 g/mol. The van der Waals surface area contributed by atoms with Gasteiger partial charge in [-0.25, -0.2) is 19.0 Å². The van der Waals surface area contributed by atoms with Gasteiger partial charge in [0.25, 0.3) is 0 Å². The molecule has 0 unspecified atom stereocenters. The maximum Gasteiger partial charge on any atom is 0.245 e. The van der Waals surface area contributed by atoms with Gasteiger partial charge in [0.05, 0.1) is 30.8 Å². The second-order valence-corrected chi connectivity index (χ2v) is 8.66. The fourth-order valence-electron chi connectivity index (χ4n) is 4.23. The Morgan fingerprint density at radius 1 is 1.00 bits per heavy atom. The first kappa shape index (κ1) is 22.8. The molecule has 0 spiro atoms. The lowest BCUT2D eigenvalue weighted by Gasteiger charge is -2.25. The third kappa shape index (κ3) is 4.89. The molecule has 0 bridgehead atoms. The molecule has 4 heterocycles. The summed E-state index contributed by atoms with van der Waals surface area (Å²) >= 11 is 0.